The number of rotatable bonds is 4. The van der Waals surface area contributed by atoms with Crippen LogP contribution in [0.25, 0.3) is 0 Å². The monoisotopic (exact) mass is 209 g/mol. The Bertz CT molecular complexity index is 349. The molecule has 0 aromatic rings. The number of hydrogen-bond acceptors (Lipinski definition) is 5. The predicted molar refractivity (Wildman–Crippen MR) is 51.2 cm³/mol. The standard InChI is InChI=1S/C10H11NO4/c1-4-8(10(13)14-3)6-15-9(12)7(2)5-11/h6H,2,4H2,1,3H3/b8-6+. The minimum Gasteiger partial charge on any atom is -0.466 e. The van der Waals surface area contributed by atoms with Crippen molar-refractivity contribution in [1.82, 2.24) is 0 Å². The zero-order chi connectivity index (χ0) is 11.8. The second-order valence-electron chi connectivity index (χ2n) is 2.48. The van der Waals surface area contributed by atoms with Crippen molar-refractivity contribution in [1.29, 1.82) is 5.26 Å². The van der Waals surface area contributed by atoms with Gasteiger partial charge >= 0.3 is 11.9 Å². The van der Waals surface area contributed by atoms with Gasteiger partial charge in [-0.1, -0.05) is 13.5 Å². The predicted octanol–water partition coefficient (Wildman–Crippen LogP) is 1.08. The first kappa shape index (κ1) is 12.9. The van der Waals surface area contributed by atoms with Gasteiger partial charge in [0, 0.05) is 0 Å². The molecule has 0 aromatic heterocycles. The molecule has 0 rings (SSSR count). The summed E-state index contributed by atoms with van der Waals surface area (Å²) in [4.78, 5) is 22.0. The fraction of sp³-hybridized carbons (Fsp3) is 0.300. The topological polar surface area (TPSA) is 76.4 Å². The molecule has 0 aliphatic carbocycles. The summed E-state index contributed by atoms with van der Waals surface area (Å²) in [5, 5.41) is 8.32. The summed E-state index contributed by atoms with van der Waals surface area (Å²) in [6, 6.07) is 1.54. The molecule has 0 N–H and O–H groups in total. The Morgan fingerprint density at radius 3 is 2.47 bits per heavy atom. The number of methoxy groups -OCH3 is 1. The van der Waals surface area contributed by atoms with E-state index in [-0.39, 0.29) is 11.1 Å². The van der Waals surface area contributed by atoms with E-state index in [9.17, 15) is 9.59 Å². The van der Waals surface area contributed by atoms with Gasteiger partial charge in [-0.15, -0.1) is 0 Å². The molecule has 0 heterocycles. The summed E-state index contributed by atoms with van der Waals surface area (Å²) in [5.74, 6) is -1.46. The summed E-state index contributed by atoms with van der Waals surface area (Å²) in [6.45, 7) is 4.86. The maximum atomic E-state index is 11.0. The smallest absolute Gasteiger partial charge is 0.353 e. The Hall–Kier alpha value is -2.09. The van der Waals surface area contributed by atoms with Crippen molar-refractivity contribution in [3.05, 3.63) is 24.0 Å². The van der Waals surface area contributed by atoms with Crippen molar-refractivity contribution in [2.75, 3.05) is 7.11 Å². The molecule has 80 valence electrons. The van der Waals surface area contributed by atoms with Gasteiger partial charge in [0.05, 0.1) is 12.7 Å². The van der Waals surface area contributed by atoms with Crippen LogP contribution in [0.2, 0.25) is 0 Å². The van der Waals surface area contributed by atoms with Gasteiger partial charge in [0.1, 0.15) is 17.9 Å². The molecule has 15 heavy (non-hydrogen) atoms. The molecule has 0 spiro atoms. The van der Waals surface area contributed by atoms with Crippen LogP contribution in [-0.4, -0.2) is 19.0 Å². The lowest BCUT2D eigenvalue weighted by molar-refractivity contribution is -0.136. The second-order valence-corrected chi connectivity index (χ2v) is 2.48. The number of ether oxygens (including phenoxy) is 2. The van der Waals surface area contributed by atoms with Crippen molar-refractivity contribution in [2.24, 2.45) is 0 Å². The number of carbonyl (C=O) groups excluding carboxylic acids is 2. The minimum absolute atomic E-state index is 0.205. The molecule has 0 amide bonds. The van der Waals surface area contributed by atoms with E-state index in [0.717, 1.165) is 6.26 Å². The molecular formula is C10H11NO4. The van der Waals surface area contributed by atoms with Crippen LogP contribution in [0, 0.1) is 11.3 Å². The average Bonchev–Trinajstić information content (AvgIpc) is 2.27. The molecule has 0 aromatic carbocycles. The van der Waals surface area contributed by atoms with Gasteiger partial charge in [0.15, 0.2) is 0 Å². The van der Waals surface area contributed by atoms with Crippen LogP contribution in [0.15, 0.2) is 24.0 Å². The van der Waals surface area contributed by atoms with Crippen LogP contribution in [0.4, 0.5) is 0 Å². The lowest BCUT2D eigenvalue weighted by Gasteiger charge is -2.01. The summed E-state index contributed by atoms with van der Waals surface area (Å²) in [5.41, 5.74) is -0.122. The molecule has 0 atom stereocenters. The summed E-state index contributed by atoms with van der Waals surface area (Å²) < 4.78 is 8.98. The Balaban J connectivity index is 4.50. The van der Waals surface area contributed by atoms with Crippen LogP contribution in [0.5, 0.6) is 0 Å². The first-order valence-corrected chi connectivity index (χ1v) is 4.14. The third-order valence-electron chi connectivity index (χ3n) is 1.52. The summed E-state index contributed by atoms with van der Waals surface area (Å²) >= 11 is 0. The maximum absolute atomic E-state index is 11.0. The van der Waals surface area contributed by atoms with E-state index < -0.39 is 11.9 Å². The number of carbonyl (C=O) groups is 2. The number of hydrogen-bond donors (Lipinski definition) is 0. The molecular weight excluding hydrogens is 198 g/mol. The van der Waals surface area contributed by atoms with Crippen LogP contribution in [-0.2, 0) is 19.1 Å². The van der Waals surface area contributed by atoms with Gasteiger partial charge in [0.2, 0.25) is 0 Å². The van der Waals surface area contributed by atoms with Gasteiger partial charge in [-0.2, -0.15) is 5.26 Å². The average molecular weight is 209 g/mol. The third-order valence-corrected chi connectivity index (χ3v) is 1.52. The fourth-order valence-electron chi connectivity index (χ4n) is 0.648. The highest BCUT2D eigenvalue weighted by atomic mass is 16.5. The van der Waals surface area contributed by atoms with Crippen molar-refractivity contribution in [3.63, 3.8) is 0 Å². The van der Waals surface area contributed by atoms with Crippen molar-refractivity contribution in [3.8, 4) is 6.07 Å². The quantitative estimate of drug-likeness (QED) is 0.299. The molecule has 0 unspecified atom stereocenters. The normalized spacial score (nSPS) is 10.1. The van der Waals surface area contributed by atoms with E-state index in [2.05, 4.69) is 16.1 Å². The fourth-order valence-corrected chi connectivity index (χ4v) is 0.648. The van der Waals surface area contributed by atoms with Crippen LogP contribution < -0.4 is 0 Å². The Labute approximate surface area is 87.6 Å². The molecule has 0 saturated heterocycles. The van der Waals surface area contributed by atoms with Gasteiger partial charge in [-0.05, 0) is 6.42 Å². The number of esters is 2. The van der Waals surface area contributed by atoms with E-state index >= 15 is 0 Å². The minimum atomic E-state index is -0.882. The molecule has 0 aliphatic heterocycles. The van der Waals surface area contributed by atoms with Gasteiger partial charge in [-0.3, -0.25) is 0 Å². The molecule has 0 saturated carbocycles. The second kappa shape index (κ2) is 6.38. The van der Waals surface area contributed by atoms with Crippen LogP contribution >= 0.6 is 0 Å². The Morgan fingerprint density at radius 1 is 1.47 bits per heavy atom. The summed E-state index contributed by atoms with van der Waals surface area (Å²) in [7, 11) is 1.22. The van der Waals surface area contributed by atoms with Gasteiger partial charge < -0.3 is 9.47 Å². The Kier molecular flexibility index (Phi) is 5.49. The molecule has 5 nitrogen and oxygen atoms in total. The van der Waals surface area contributed by atoms with Crippen molar-refractivity contribution in [2.45, 2.75) is 13.3 Å². The number of nitrogens with zero attached hydrogens (tertiary/aromatic N) is 1. The highest BCUT2D eigenvalue weighted by Gasteiger charge is 2.10. The molecule has 5 heteroatoms. The van der Waals surface area contributed by atoms with E-state index in [1.165, 1.54) is 13.2 Å². The zero-order valence-electron chi connectivity index (χ0n) is 8.57. The molecule has 0 bridgehead atoms. The van der Waals surface area contributed by atoms with E-state index in [0.29, 0.717) is 6.42 Å². The van der Waals surface area contributed by atoms with Crippen molar-refractivity contribution >= 4 is 11.9 Å². The van der Waals surface area contributed by atoms with E-state index in [4.69, 9.17) is 5.26 Å². The lowest BCUT2D eigenvalue weighted by atomic mass is 10.2. The largest absolute Gasteiger partial charge is 0.466 e. The first-order valence-electron chi connectivity index (χ1n) is 4.14. The van der Waals surface area contributed by atoms with Crippen molar-refractivity contribution < 1.29 is 19.1 Å². The van der Waals surface area contributed by atoms with Crippen LogP contribution in [0.3, 0.4) is 0 Å². The molecule has 0 aliphatic rings. The summed E-state index contributed by atoms with van der Waals surface area (Å²) in [6.07, 6.45) is 1.33. The van der Waals surface area contributed by atoms with E-state index in [1.54, 1.807) is 6.92 Å². The van der Waals surface area contributed by atoms with Gasteiger partial charge in [-0.25, -0.2) is 9.59 Å². The molecule has 0 fully saturated rings. The molecule has 0 radical (unpaired) electrons. The third kappa shape index (κ3) is 4.09. The Morgan fingerprint density at radius 2 is 2.07 bits per heavy atom. The number of nitriles is 1. The van der Waals surface area contributed by atoms with E-state index in [1.807, 2.05) is 0 Å². The van der Waals surface area contributed by atoms with Crippen LogP contribution in [0.1, 0.15) is 13.3 Å². The first-order chi connectivity index (χ1) is 7.06. The maximum Gasteiger partial charge on any atom is 0.353 e. The SMILES string of the molecule is C=C(C#N)C(=O)O/C=C(\CC)C(=O)OC. The highest BCUT2D eigenvalue weighted by Crippen LogP contribution is 2.04. The van der Waals surface area contributed by atoms with Gasteiger partial charge in [0.25, 0.3) is 0 Å². The zero-order valence-corrected chi connectivity index (χ0v) is 8.57. The highest BCUT2D eigenvalue weighted by molar-refractivity contribution is 5.93. The lowest BCUT2D eigenvalue weighted by Crippen LogP contribution is -2.07.